The lowest BCUT2D eigenvalue weighted by atomic mass is 10.1. The molecular weight excluding hydrogens is 697 g/mol. The minimum absolute atomic E-state index is 0.0204. The molecule has 51 heavy (non-hydrogen) atoms. The van der Waals surface area contributed by atoms with Crippen molar-refractivity contribution in [1.29, 1.82) is 0 Å². The number of nitro groups is 1. The minimum Gasteiger partial charge on any atom is -0.481 e. The average Bonchev–Trinajstić information content (AvgIpc) is 3.11. The Morgan fingerprint density at radius 3 is 1.43 bits per heavy atom. The predicted octanol–water partition coefficient (Wildman–Crippen LogP) is 9.44. The highest BCUT2D eigenvalue weighted by molar-refractivity contribution is 8.76. The van der Waals surface area contributed by atoms with Crippen LogP contribution in [0, 0.1) is 15.0 Å². The summed E-state index contributed by atoms with van der Waals surface area (Å²) in [6.45, 7) is 0.841. The van der Waals surface area contributed by atoms with Crippen LogP contribution in [0.3, 0.4) is 0 Å². The van der Waals surface area contributed by atoms with E-state index in [9.17, 15) is 34.2 Å². The van der Waals surface area contributed by atoms with Crippen molar-refractivity contribution in [2.24, 2.45) is 5.18 Å². The van der Waals surface area contributed by atoms with Gasteiger partial charge in [0.15, 0.2) is 0 Å². The number of carboxylic acids is 2. The number of carboxylic acid groups (broad SMARTS) is 2. The van der Waals surface area contributed by atoms with Crippen LogP contribution in [-0.4, -0.2) is 52.0 Å². The van der Waals surface area contributed by atoms with Crippen LogP contribution in [0.15, 0.2) is 51.4 Å². The zero-order valence-corrected chi connectivity index (χ0v) is 30.7. The Morgan fingerprint density at radius 1 is 0.608 bits per heavy atom. The van der Waals surface area contributed by atoms with Gasteiger partial charge in [-0.05, 0) is 61.2 Å². The van der Waals surface area contributed by atoms with Gasteiger partial charge in [0.2, 0.25) is 0 Å². The zero-order chi connectivity index (χ0) is 37.3. The van der Waals surface area contributed by atoms with E-state index in [2.05, 4.69) is 15.8 Å². The van der Waals surface area contributed by atoms with Crippen molar-refractivity contribution in [2.75, 3.05) is 13.1 Å². The molecule has 4 N–H and O–H groups in total. The summed E-state index contributed by atoms with van der Waals surface area (Å²) in [5.41, 5.74) is -0.162. The monoisotopic (exact) mass is 746 g/mol. The summed E-state index contributed by atoms with van der Waals surface area (Å²) in [6.07, 6.45) is 15.2. The van der Waals surface area contributed by atoms with Crippen molar-refractivity contribution in [3.05, 3.63) is 62.5 Å². The maximum absolute atomic E-state index is 12.9. The van der Waals surface area contributed by atoms with Crippen LogP contribution in [0.2, 0.25) is 0 Å². The Bertz CT molecular complexity index is 1440. The number of nitroso groups, excluding NO2 is 1. The third-order valence-electron chi connectivity index (χ3n) is 8.16. The van der Waals surface area contributed by atoms with Crippen LogP contribution in [-0.2, 0) is 9.59 Å². The van der Waals surface area contributed by atoms with Gasteiger partial charge < -0.3 is 20.8 Å². The molecule has 13 nitrogen and oxygen atoms in total. The number of carbonyl (C=O) groups is 4. The van der Waals surface area contributed by atoms with Gasteiger partial charge in [-0.25, -0.2) is 0 Å². The van der Waals surface area contributed by atoms with E-state index in [4.69, 9.17) is 10.2 Å². The third kappa shape index (κ3) is 18.7. The van der Waals surface area contributed by atoms with Crippen molar-refractivity contribution < 1.29 is 34.3 Å². The van der Waals surface area contributed by atoms with Gasteiger partial charge in [0.25, 0.3) is 17.5 Å². The smallest absolute Gasteiger partial charge is 0.303 e. The van der Waals surface area contributed by atoms with E-state index in [-0.39, 0.29) is 35.3 Å². The number of hydrogen-bond acceptors (Lipinski definition) is 10. The number of benzene rings is 2. The minimum atomic E-state index is -0.765. The summed E-state index contributed by atoms with van der Waals surface area (Å²) >= 11 is 0. The summed E-state index contributed by atoms with van der Waals surface area (Å²) in [5, 5.41) is 37.6. The molecule has 2 rings (SSSR count). The molecule has 0 atom stereocenters. The number of unbranched alkanes of at least 4 members (excludes halogenated alkanes) is 14. The largest absolute Gasteiger partial charge is 0.481 e. The van der Waals surface area contributed by atoms with E-state index >= 15 is 0 Å². The summed E-state index contributed by atoms with van der Waals surface area (Å²) in [5.74, 6) is -2.45. The van der Waals surface area contributed by atoms with Crippen LogP contribution >= 0.6 is 21.6 Å². The first-order valence-corrected chi connectivity index (χ1v) is 19.9. The second-order valence-electron chi connectivity index (χ2n) is 12.3. The van der Waals surface area contributed by atoms with Crippen molar-refractivity contribution in [3.8, 4) is 0 Å². The first kappa shape index (κ1) is 43.2. The Hall–Kier alpha value is -3.98. The van der Waals surface area contributed by atoms with Crippen LogP contribution < -0.4 is 10.6 Å². The Labute approximate surface area is 307 Å². The molecule has 15 heteroatoms. The lowest BCUT2D eigenvalue weighted by molar-refractivity contribution is -0.385. The van der Waals surface area contributed by atoms with Crippen molar-refractivity contribution in [2.45, 2.75) is 125 Å². The van der Waals surface area contributed by atoms with Crippen molar-refractivity contribution in [1.82, 2.24) is 10.6 Å². The van der Waals surface area contributed by atoms with Crippen LogP contribution in [0.25, 0.3) is 0 Å². The molecule has 0 saturated carbocycles. The Morgan fingerprint density at radius 2 is 1.00 bits per heavy atom. The van der Waals surface area contributed by atoms with Gasteiger partial charge in [0, 0.05) is 41.8 Å². The maximum atomic E-state index is 12.9. The number of rotatable bonds is 29. The molecule has 0 unspecified atom stereocenters. The molecule has 0 saturated heterocycles. The molecule has 280 valence electrons. The quantitative estimate of drug-likeness (QED) is 0.0203. The highest BCUT2D eigenvalue weighted by atomic mass is 33.1. The fourth-order valence-corrected chi connectivity index (χ4v) is 7.32. The van der Waals surface area contributed by atoms with Crippen molar-refractivity contribution in [3.63, 3.8) is 0 Å². The van der Waals surface area contributed by atoms with Gasteiger partial charge in [0.05, 0.1) is 10.5 Å². The second kappa shape index (κ2) is 25.9. The first-order chi connectivity index (χ1) is 24.6. The van der Waals surface area contributed by atoms with Gasteiger partial charge in [-0.3, -0.25) is 29.3 Å². The van der Waals surface area contributed by atoms with Crippen molar-refractivity contribution >= 4 is 56.7 Å². The second-order valence-corrected chi connectivity index (χ2v) is 14.6. The van der Waals surface area contributed by atoms with Crippen LogP contribution in [0.4, 0.5) is 11.4 Å². The highest BCUT2D eigenvalue weighted by Gasteiger charge is 2.21. The van der Waals surface area contributed by atoms with Gasteiger partial charge in [-0.1, -0.05) is 98.6 Å². The summed E-state index contributed by atoms with van der Waals surface area (Å²) in [4.78, 5) is 70.7. The molecule has 0 aromatic heterocycles. The Kier molecular flexibility index (Phi) is 21.9. The van der Waals surface area contributed by atoms with Crippen LogP contribution in [0.1, 0.15) is 136 Å². The lowest BCUT2D eigenvalue weighted by Crippen LogP contribution is -2.25. The highest BCUT2D eigenvalue weighted by Crippen LogP contribution is 2.40. The van der Waals surface area contributed by atoms with Gasteiger partial charge in [0.1, 0.15) is 11.3 Å². The van der Waals surface area contributed by atoms with E-state index in [1.807, 2.05) is 0 Å². The predicted molar refractivity (Wildman–Crippen MR) is 200 cm³/mol. The molecule has 0 aliphatic heterocycles. The fraction of sp³-hybridized carbons (Fsp3) is 0.556. The van der Waals surface area contributed by atoms with Crippen LogP contribution in [0.5, 0.6) is 0 Å². The number of nitrogens with zero attached hydrogens (tertiary/aromatic N) is 2. The number of hydrogen-bond donors (Lipinski definition) is 4. The number of carbonyl (C=O) groups excluding carboxylic acids is 2. The van der Waals surface area contributed by atoms with E-state index in [1.54, 1.807) is 18.2 Å². The Balaban J connectivity index is 1.80. The van der Waals surface area contributed by atoms with Gasteiger partial charge >= 0.3 is 11.9 Å². The average molecular weight is 747 g/mol. The lowest BCUT2D eigenvalue weighted by Gasteiger charge is -2.10. The molecule has 0 bridgehead atoms. The maximum Gasteiger partial charge on any atom is 0.303 e. The van der Waals surface area contributed by atoms with E-state index in [1.165, 1.54) is 39.8 Å². The normalized spacial score (nSPS) is 10.8. The number of aliphatic carboxylic acids is 2. The molecule has 0 spiro atoms. The van der Waals surface area contributed by atoms with E-state index in [0.29, 0.717) is 35.7 Å². The number of nitro benzene ring substituents is 1. The summed E-state index contributed by atoms with van der Waals surface area (Å²) < 4.78 is 0. The van der Waals surface area contributed by atoms with Gasteiger partial charge in [-0.15, -0.1) is 4.91 Å². The molecule has 0 fully saturated rings. The summed E-state index contributed by atoms with van der Waals surface area (Å²) in [7, 11) is 2.54. The van der Waals surface area contributed by atoms with E-state index < -0.39 is 28.7 Å². The number of nitrogens with one attached hydrogen (secondary N) is 2. The van der Waals surface area contributed by atoms with E-state index in [0.717, 1.165) is 89.9 Å². The molecule has 0 aliphatic rings. The molecule has 0 radical (unpaired) electrons. The fourth-order valence-electron chi connectivity index (χ4n) is 5.35. The zero-order valence-electron chi connectivity index (χ0n) is 29.1. The SMILES string of the molecule is O=Nc1ccc(SSc2ccc([N+](=O)[O-])c(C(=O)NCCCCCCCCCCC(=O)O)c2)cc1C(=O)NCCCCCCCCCCC(=O)O. The molecular formula is C36H50N4O9S2. The third-order valence-corrected chi connectivity index (χ3v) is 10.5. The molecule has 2 aromatic carbocycles. The first-order valence-electron chi connectivity index (χ1n) is 17.7. The molecule has 2 aromatic rings. The number of amides is 2. The molecule has 0 aliphatic carbocycles. The standard InChI is InChI=1S/C36H50N4O9S2/c41-33(42)17-13-9-5-1-3-7-11-15-23-37-35(45)29-25-27(19-21-31(29)39-47)50-51-28-20-22-32(40(48)49)30(26-28)36(46)38-24-16-12-8-4-2-6-10-14-18-34(43)44/h19-22,25-26H,1-18,23-24H2,(H,37,45)(H,38,46)(H,41,42)(H,43,44). The topological polar surface area (TPSA) is 205 Å². The molecule has 2 amide bonds. The summed E-state index contributed by atoms with van der Waals surface area (Å²) in [6, 6.07) is 9.04. The van der Waals surface area contributed by atoms with Gasteiger partial charge in [-0.2, -0.15) is 0 Å². The molecule has 0 heterocycles.